The summed E-state index contributed by atoms with van der Waals surface area (Å²) in [6.45, 7) is 3.87. The van der Waals surface area contributed by atoms with Crippen molar-refractivity contribution in [2.24, 2.45) is 0 Å². The molecule has 0 heterocycles. The number of halogens is 1. The predicted molar refractivity (Wildman–Crippen MR) is 62.8 cm³/mol. The number of benzene rings is 1. The molecule has 0 saturated heterocycles. The van der Waals surface area contributed by atoms with E-state index >= 15 is 0 Å². The molecule has 96 valence electrons. The lowest BCUT2D eigenvalue weighted by molar-refractivity contribution is 0.0858. The second-order valence-corrected chi connectivity index (χ2v) is 3.63. The van der Waals surface area contributed by atoms with E-state index in [1.807, 2.05) is 0 Å². The summed E-state index contributed by atoms with van der Waals surface area (Å²) in [5.74, 6) is 0.379. The first-order valence-electron chi connectivity index (χ1n) is 5.23. The van der Waals surface area contributed by atoms with Gasteiger partial charge in [-0.05, 0) is 13.8 Å². The average Bonchev–Trinajstić information content (AvgIpc) is 2.33. The fourth-order valence-electron chi connectivity index (χ4n) is 1.84. The zero-order chi connectivity index (χ0) is 13.0. The van der Waals surface area contributed by atoms with Gasteiger partial charge in [0.2, 0.25) is 0 Å². The number of hydrogen-bond acceptors (Lipinski definition) is 4. The van der Waals surface area contributed by atoms with Crippen LogP contribution in [0.15, 0.2) is 0 Å². The van der Waals surface area contributed by atoms with Crippen LogP contribution in [0.2, 0.25) is 0 Å². The Balaban J connectivity index is 3.38. The zero-order valence-corrected chi connectivity index (χ0v) is 10.8. The van der Waals surface area contributed by atoms with Crippen LogP contribution < -0.4 is 15.0 Å². The summed E-state index contributed by atoms with van der Waals surface area (Å²) in [5, 5.41) is 0. The Morgan fingerprint density at radius 1 is 1.00 bits per heavy atom. The van der Waals surface area contributed by atoms with Crippen molar-refractivity contribution >= 4 is 0 Å². The molecule has 0 saturated carbocycles. The summed E-state index contributed by atoms with van der Waals surface area (Å²) >= 11 is 0. The van der Waals surface area contributed by atoms with E-state index < -0.39 is 0 Å². The summed E-state index contributed by atoms with van der Waals surface area (Å²) in [7, 11) is 4.49. The maximum atomic E-state index is 14.0. The van der Waals surface area contributed by atoms with E-state index in [0.717, 1.165) is 5.56 Å². The van der Waals surface area contributed by atoms with Crippen LogP contribution in [0.1, 0.15) is 16.7 Å². The molecular formula is C12H18FNO3. The van der Waals surface area contributed by atoms with Crippen LogP contribution in [-0.4, -0.2) is 21.3 Å². The molecule has 0 aromatic heterocycles. The van der Waals surface area contributed by atoms with Gasteiger partial charge in [-0.15, -0.1) is 0 Å². The van der Waals surface area contributed by atoms with Gasteiger partial charge < -0.3 is 14.3 Å². The fraction of sp³-hybridized carbons (Fsp3) is 0.500. The summed E-state index contributed by atoms with van der Waals surface area (Å²) in [6.07, 6.45) is 0. The third-order valence-electron chi connectivity index (χ3n) is 2.74. The number of hydrogen-bond donors (Lipinski definition) is 1. The van der Waals surface area contributed by atoms with Crippen molar-refractivity contribution in [1.82, 2.24) is 5.48 Å². The Morgan fingerprint density at radius 3 is 2.06 bits per heavy atom. The molecule has 0 aliphatic heterocycles. The van der Waals surface area contributed by atoms with Crippen LogP contribution in [-0.2, 0) is 11.4 Å². The zero-order valence-electron chi connectivity index (χ0n) is 10.8. The largest absolute Gasteiger partial charge is 0.496 e. The molecule has 0 unspecified atom stereocenters. The van der Waals surface area contributed by atoms with Crippen molar-refractivity contribution in [3.05, 3.63) is 22.5 Å². The minimum Gasteiger partial charge on any atom is -0.496 e. The fourth-order valence-corrected chi connectivity index (χ4v) is 1.84. The molecule has 1 N–H and O–H groups in total. The third-order valence-corrected chi connectivity index (χ3v) is 2.74. The van der Waals surface area contributed by atoms with Gasteiger partial charge in [0.25, 0.3) is 0 Å². The van der Waals surface area contributed by atoms with E-state index in [2.05, 4.69) is 5.48 Å². The van der Waals surface area contributed by atoms with Crippen LogP contribution >= 0.6 is 0 Å². The van der Waals surface area contributed by atoms with E-state index in [9.17, 15) is 4.39 Å². The topological polar surface area (TPSA) is 39.7 Å². The van der Waals surface area contributed by atoms with Gasteiger partial charge in [0.1, 0.15) is 5.75 Å². The molecule has 0 radical (unpaired) electrons. The minimum absolute atomic E-state index is 0.246. The monoisotopic (exact) mass is 243 g/mol. The van der Waals surface area contributed by atoms with Gasteiger partial charge in [-0.2, -0.15) is 5.48 Å². The standard InChI is InChI=1S/C12H18FNO3/c1-7-9(6-14-17-5)11(15-3)8(2)10(13)12(7)16-4/h14H,6H2,1-5H3. The first-order chi connectivity index (χ1) is 8.08. The molecule has 0 amide bonds. The maximum Gasteiger partial charge on any atom is 0.171 e. The van der Waals surface area contributed by atoms with Crippen LogP contribution in [0, 0.1) is 19.7 Å². The first-order valence-corrected chi connectivity index (χ1v) is 5.23. The number of methoxy groups -OCH3 is 2. The molecule has 1 aromatic rings. The molecule has 17 heavy (non-hydrogen) atoms. The summed E-state index contributed by atoms with van der Waals surface area (Å²) in [6, 6.07) is 0. The van der Waals surface area contributed by atoms with Gasteiger partial charge in [-0.3, -0.25) is 0 Å². The molecule has 0 bridgehead atoms. The molecule has 0 spiro atoms. The van der Waals surface area contributed by atoms with Gasteiger partial charge in [-0.1, -0.05) is 0 Å². The summed E-state index contributed by atoms with van der Waals surface area (Å²) in [4.78, 5) is 4.80. The van der Waals surface area contributed by atoms with Crippen LogP contribution in [0.25, 0.3) is 0 Å². The summed E-state index contributed by atoms with van der Waals surface area (Å²) < 4.78 is 24.3. The van der Waals surface area contributed by atoms with Crippen molar-refractivity contribution in [2.75, 3.05) is 21.3 Å². The van der Waals surface area contributed by atoms with E-state index in [0.29, 0.717) is 23.4 Å². The van der Waals surface area contributed by atoms with Crippen LogP contribution in [0.4, 0.5) is 4.39 Å². The van der Waals surface area contributed by atoms with E-state index in [1.165, 1.54) is 21.3 Å². The Kier molecular flexibility index (Phi) is 4.72. The second kappa shape index (κ2) is 5.84. The number of hydroxylamine groups is 1. The highest BCUT2D eigenvalue weighted by atomic mass is 19.1. The number of rotatable bonds is 5. The Bertz CT molecular complexity index is 407. The lowest BCUT2D eigenvalue weighted by atomic mass is 10.0. The summed E-state index contributed by atoms with van der Waals surface area (Å²) in [5.41, 5.74) is 4.68. The molecule has 1 rings (SSSR count). The van der Waals surface area contributed by atoms with Gasteiger partial charge in [0, 0.05) is 16.7 Å². The van der Waals surface area contributed by atoms with Crippen molar-refractivity contribution in [3.63, 3.8) is 0 Å². The first kappa shape index (κ1) is 13.7. The quantitative estimate of drug-likeness (QED) is 0.804. The molecule has 1 aromatic carbocycles. The number of nitrogens with one attached hydrogen (secondary N) is 1. The average molecular weight is 243 g/mol. The lowest BCUT2D eigenvalue weighted by Gasteiger charge is -2.18. The molecule has 4 nitrogen and oxygen atoms in total. The molecule has 0 aliphatic carbocycles. The second-order valence-electron chi connectivity index (χ2n) is 3.63. The Labute approximate surface area is 101 Å². The van der Waals surface area contributed by atoms with E-state index in [4.69, 9.17) is 14.3 Å². The highest BCUT2D eigenvalue weighted by Gasteiger charge is 2.20. The van der Waals surface area contributed by atoms with Crippen molar-refractivity contribution < 1.29 is 18.7 Å². The van der Waals surface area contributed by atoms with E-state index in [-0.39, 0.29) is 11.6 Å². The highest BCUT2D eigenvalue weighted by Crippen LogP contribution is 2.36. The Hall–Kier alpha value is -1.33. The van der Waals surface area contributed by atoms with Crippen molar-refractivity contribution in [1.29, 1.82) is 0 Å². The van der Waals surface area contributed by atoms with Crippen molar-refractivity contribution in [2.45, 2.75) is 20.4 Å². The van der Waals surface area contributed by atoms with Gasteiger partial charge in [0.15, 0.2) is 11.6 Å². The molecule has 0 atom stereocenters. The van der Waals surface area contributed by atoms with E-state index in [1.54, 1.807) is 13.8 Å². The van der Waals surface area contributed by atoms with Crippen molar-refractivity contribution in [3.8, 4) is 11.5 Å². The SMILES string of the molecule is CONCc1c(C)c(OC)c(F)c(C)c1OC. The molecule has 0 aliphatic rings. The maximum absolute atomic E-state index is 14.0. The molecule has 5 heteroatoms. The number of ether oxygens (including phenoxy) is 2. The van der Waals surface area contributed by atoms with Crippen LogP contribution in [0.5, 0.6) is 11.5 Å². The van der Waals surface area contributed by atoms with Gasteiger partial charge in [-0.25, -0.2) is 4.39 Å². The smallest absolute Gasteiger partial charge is 0.171 e. The predicted octanol–water partition coefficient (Wildman–Crippen LogP) is 2.11. The lowest BCUT2D eigenvalue weighted by Crippen LogP contribution is -2.14. The van der Waals surface area contributed by atoms with Gasteiger partial charge >= 0.3 is 0 Å². The van der Waals surface area contributed by atoms with Gasteiger partial charge in [0.05, 0.1) is 27.9 Å². The highest BCUT2D eigenvalue weighted by molar-refractivity contribution is 5.53. The van der Waals surface area contributed by atoms with Crippen LogP contribution in [0.3, 0.4) is 0 Å². The minimum atomic E-state index is -0.386. The third kappa shape index (κ3) is 2.50. The Morgan fingerprint density at radius 2 is 1.59 bits per heavy atom. The molecule has 0 fully saturated rings. The molecular weight excluding hydrogens is 225 g/mol. The normalized spacial score (nSPS) is 10.5.